The molecule has 1 saturated heterocycles. The van der Waals surface area contributed by atoms with Crippen molar-refractivity contribution in [2.45, 2.75) is 37.6 Å². The lowest BCUT2D eigenvalue weighted by molar-refractivity contribution is -0.387. The Hall–Kier alpha value is -2.00. The van der Waals surface area contributed by atoms with Gasteiger partial charge >= 0.3 is 0 Å². The van der Waals surface area contributed by atoms with Crippen molar-refractivity contribution in [1.82, 2.24) is 4.31 Å². The monoisotopic (exact) mass is 327 g/mol. The minimum atomic E-state index is -4.16. The molecular weight excluding hydrogens is 310 g/mol. The molecule has 2 N–H and O–H groups in total. The number of nitrogens with zero attached hydrogens (tertiary/aromatic N) is 2. The van der Waals surface area contributed by atoms with E-state index in [1.54, 1.807) is 13.8 Å². The highest BCUT2D eigenvalue weighted by Gasteiger charge is 2.41. The minimum absolute atomic E-state index is 0.125. The third-order valence-corrected chi connectivity index (χ3v) is 5.83. The van der Waals surface area contributed by atoms with E-state index in [-0.39, 0.29) is 6.54 Å². The van der Waals surface area contributed by atoms with Gasteiger partial charge in [0.15, 0.2) is 4.90 Å². The fraction of sp³-hybridized carbons (Fsp3) is 0.462. The first-order valence-corrected chi connectivity index (χ1v) is 8.17. The van der Waals surface area contributed by atoms with Gasteiger partial charge in [0, 0.05) is 12.6 Å². The van der Waals surface area contributed by atoms with E-state index < -0.39 is 37.5 Å². The quantitative estimate of drug-likeness (QED) is 0.648. The highest BCUT2D eigenvalue weighted by Crippen LogP contribution is 2.33. The molecule has 2 rings (SSSR count). The SMILES string of the molecule is Cc1cc([N+](=O)[O-])c(S(=O)(=O)N2CCCC2C(N)=O)cc1C. The maximum Gasteiger partial charge on any atom is 0.289 e. The van der Waals surface area contributed by atoms with Crippen LogP contribution >= 0.6 is 0 Å². The molecule has 0 radical (unpaired) electrons. The van der Waals surface area contributed by atoms with Gasteiger partial charge in [0.1, 0.15) is 6.04 Å². The van der Waals surface area contributed by atoms with Gasteiger partial charge in [-0.3, -0.25) is 14.9 Å². The lowest BCUT2D eigenvalue weighted by atomic mass is 10.1. The molecule has 8 nitrogen and oxygen atoms in total. The van der Waals surface area contributed by atoms with Gasteiger partial charge in [-0.2, -0.15) is 4.31 Å². The zero-order valence-electron chi connectivity index (χ0n) is 12.3. The van der Waals surface area contributed by atoms with Crippen LogP contribution < -0.4 is 5.73 Å². The van der Waals surface area contributed by atoms with Crippen LogP contribution in [0, 0.1) is 24.0 Å². The molecule has 1 heterocycles. The first-order chi connectivity index (χ1) is 10.2. The fourth-order valence-electron chi connectivity index (χ4n) is 2.56. The van der Waals surface area contributed by atoms with Crippen LogP contribution in [0.25, 0.3) is 0 Å². The smallest absolute Gasteiger partial charge is 0.289 e. The summed E-state index contributed by atoms with van der Waals surface area (Å²) < 4.78 is 26.5. The molecule has 0 spiro atoms. The van der Waals surface area contributed by atoms with Crippen molar-refractivity contribution in [3.63, 3.8) is 0 Å². The molecule has 0 bridgehead atoms. The number of nitrogens with two attached hydrogens (primary N) is 1. The number of primary amides is 1. The van der Waals surface area contributed by atoms with Crippen molar-refractivity contribution in [2.24, 2.45) is 5.73 Å². The Labute approximate surface area is 128 Å². The Balaban J connectivity index is 2.61. The molecule has 1 fully saturated rings. The molecular formula is C13H17N3O5S. The predicted octanol–water partition coefficient (Wildman–Crippen LogP) is 0.850. The largest absolute Gasteiger partial charge is 0.368 e. The van der Waals surface area contributed by atoms with Crippen LogP contribution in [0.15, 0.2) is 17.0 Å². The van der Waals surface area contributed by atoms with Crippen LogP contribution in [0.1, 0.15) is 24.0 Å². The molecule has 0 aliphatic carbocycles. The van der Waals surface area contributed by atoms with Gasteiger partial charge in [-0.05, 0) is 43.9 Å². The molecule has 1 atom stereocenters. The van der Waals surface area contributed by atoms with Crippen LogP contribution in [0.3, 0.4) is 0 Å². The van der Waals surface area contributed by atoms with Gasteiger partial charge in [0.25, 0.3) is 15.7 Å². The van der Waals surface area contributed by atoms with E-state index in [0.29, 0.717) is 24.0 Å². The van der Waals surface area contributed by atoms with Crippen molar-refractivity contribution in [3.8, 4) is 0 Å². The number of amides is 1. The first kappa shape index (κ1) is 16.4. The third-order valence-electron chi connectivity index (χ3n) is 3.89. The van der Waals surface area contributed by atoms with E-state index in [4.69, 9.17) is 5.73 Å². The third kappa shape index (κ3) is 2.69. The highest BCUT2D eigenvalue weighted by atomic mass is 32.2. The topological polar surface area (TPSA) is 124 Å². The van der Waals surface area contributed by atoms with Crippen LogP contribution in [-0.4, -0.2) is 36.1 Å². The number of nitro groups is 1. The number of rotatable bonds is 4. The van der Waals surface area contributed by atoms with Gasteiger partial charge in [-0.1, -0.05) is 0 Å². The summed E-state index contributed by atoms with van der Waals surface area (Å²) >= 11 is 0. The molecule has 9 heteroatoms. The van der Waals surface area contributed by atoms with Gasteiger partial charge in [-0.15, -0.1) is 0 Å². The number of sulfonamides is 1. The van der Waals surface area contributed by atoms with Gasteiger partial charge in [-0.25, -0.2) is 8.42 Å². The van der Waals surface area contributed by atoms with E-state index >= 15 is 0 Å². The molecule has 1 aromatic rings. The number of hydrogen-bond donors (Lipinski definition) is 1. The van der Waals surface area contributed by atoms with Crippen LogP contribution in [0.5, 0.6) is 0 Å². The maximum atomic E-state index is 12.8. The fourth-order valence-corrected chi connectivity index (χ4v) is 4.45. The maximum absolute atomic E-state index is 12.8. The van der Waals surface area contributed by atoms with Crippen molar-refractivity contribution in [3.05, 3.63) is 33.4 Å². The summed E-state index contributed by atoms with van der Waals surface area (Å²) in [7, 11) is -4.16. The number of nitro benzene ring substituents is 1. The zero-order chi connectivity index (χ0) is 16.7. The van der Waals surface area contributed by atoms with E-state index in [9.17, 15) is 23.3 Å². The molecule has 0 saturated carbocycles. The van der Waals surface area contributed by atoms with Gasteiger partial charge in [0.05, 0.1) is 4.92 Å². The van der Waals surface area contributed by atoms with Crippen molar-refractivity contribution in [1.29, 1.82) is 0 Å². The standard InChI is InChI=1S/C13H17N3O5S/c1-8-6-11(16(18)19)12(7-9(8)2)22(20,21)15-5-3-4-10(15)13(14)17/h6-7,10H,3-5H2,1-2H3,(H2,14,17). The molecule has 1 aromatic carbocycles. The summed E-state index contributed by atoms with van der Waals surface area (Å²) in [6.07, 6.45) is 0.818. The Morgan fingerprint density at radius 2 is 1.95 bits per heavy atom. The Bertz CT molecular complexity index is 744. The summed E-state index contributed by atoms with van der Waals surface area (Å²) in [4.78, 5) is 21.5. The Kier molecular flexibility index (Phi) is 4.21. The molecule has 1 aliphatic heterocycles. The van der Waals surface area contributed by atoms with E-state index in [0.717, 1.165) is 4.31 Å². The van der Waals surface area contributed by atoms with Crippen molar-refractivity contribution in [2.75, 3.05) is 6.54 Å². The minimum Gasteiger partial charge on any atom is -0.368 e. The molecule has 1 unspecified atom stereocenters. The Morgan fingerprint density at radius 3 is 2.50 bits per heavy atom. The molecule has 0 aromatic heterocycles. The van der Waals surface area contributed by atoms with Gasteiger partial charge in [0.2, 0.25) is 5.91 Å². The molecule has 22 heavy (non-hydrogen) atoms. The molecule has 120 valence electrons. The van der Waals surface area contributed by atoms with Crippen LogP contribution in [0.4, 0.5) is 5.69 Å². The summed E-state index contributed by atoms with van der Waals surface area (Å²) in [5.41, 5.74) is 6.00. The number of carbonyl (C=O) groups excluding carboxylic acids is 1. The Morgan fingerprint density at radius 1 is 1.36 bits per heavy atom. The summed E-state index contributed by atoms with van der Waals surface area (Å²) in [6, 6.07) is 1.56. The van der Waals surface area contributed by atoms with E-state index in [1.807, 2.05) is 0 Å². The van der Waals surface area contributed by atoms with Crippen LogP contribution in [0.2, 0.25) is 0 Å². The van der Waals surface area contributed by atoms with Crippen molar-refractivity contribution < 1.29 is 18.1 Å². The second kappa shape index (κ2) is 5.65. The number of benzene rings is 1. The normalized spacial score (nSPS) is 19.3. The highest BCUT2D eigenvalue weighted by molar-refractivity contribution is 7.89. The van der Waals surface area contributed by atoms with Crippen molar-refractivity contribution >= 4 is 21.6 Å². The average Bonchev–Trinajstić information content (AvgIpc) is 2.91. The van der Waals surface area contributed by atoms with Crippen LogP contribution in [-0.2, 0) is 14.8 Å². The number of hydrogen-bond acceptors (Lipinski definition) is 5. The summed E-state index contributed by atoms with van der Waals surface area (Å²) in [6.45, 7) is 3.47. The number of carbonyl (C=O) groups is 1. The summed E-state index contributed by atoms with van der Waals surface area (Å²) in [5, 5.41) is 11.2. The first-order valence-electron chi connectivity index (χ1n) is 6.73. The van der Waals surface area contributed by atoms with E-state index in [1.165, 1.54) is 12.1 Å². The van der Waals surface area contributed by atoms with E-state index in [2.05, 4.69) is 0 Å². The second-order valence-corrected chi connectivity index (χ2v) is 7.20. The lowest BCUT2D eigenvalue weighted by Crippen LogP contribution is -2.43. The average molecular weight is 327 g/mol. The molecule has 1 aliphatic rings. The predicted molar refractivity (Wildman–Crippen MR) is 78.7 cm³/mol. The number of aryl methyl sites for hydroxylation is 2. The van der Waals surface area contributed by atoms with Gasteiger partial charge < -0.3 is 5.73 Å². The second-order valence-electron chi connectivity index (χ2n) is 5.34. The lowest BCUT2D eigenvalue weighted by Gasteiger charge is -2.22. The zero-order valence-corrected chi connectivity index (χ0v) is 13.1. The summed E-state index contributed by atoms with van der Waals surface area (Å²) in [5.74, 6) is -0.743. The molecule has 1 amide bonds.